The second-order valence-corrected chi connectivity index (χ2v) is 6.38. The summed E-state index contributed by atoms with van der Waals surface area (Å²) >= 11 is 0. The zero-order chi connectivity index (χ0) is 15.9. The predicted octanol–water partition coefficient (Wildman–Crippen LogP) is 2.98. The Morgan fingerprint density at radius 1 is 1.09 bits per heavy atom. The number of benzene rings is 1. The van der Waals surface area contributed by atoms with Gasteiger partial charge in [-0.2, -0.15) is 0 Å². The average Bonchev–Trinajstić information content (AvgIpc) is 2.53. The second-order valence-electron chi connectivity index (χ2n) is 6.38. The van der Waals surface area contributed by atoms with Gasteiger partial charge in [0.25, 0.3) is 5.91 Å². The maximum Gasteiger partial charge on any atom is 0.253 e. The topological polar surface area (TPSA) is 49.4 Å². The number of carbonyl (C=O) groups excluding carboxylic acids is 2. The predicted molar refractivity (Wildman–Crippen MR) is 87.5 cm³/mol. The lowest BCUT2D eigenvalue weighted by Crippen LogP contribution is -2.26. The van der Waals surface area contributed by atoms with Crippen LogP contribution in [-0.2, 0) is 11.3 Å². The Labute approximate surface area is 132 Å². The normalized spacial score (nSPS) is 15.4. The fourth-order valence-corrected chi connectivity index (χ4v) is 2.95. The minimum Gasteiger partial charge on any atom is -0.352 e. The monoisotopic (exact) mass is 302 g/mol. The lowest BCUT2D eigenvalue weighted by atomic mass is 9.87. The molecule has 1 aromatic rings. The zero-order valence-electron chi connectivity index (χ0n) is 13.6. The number of rotatable bonds is 5. The Kier molecular flexibility index (Phi) is 5.99. The summed E-state index contributed by atoms with van der Waals surface area (Å²) in [7, 11) is 3.48. The van der Waals surface area contributed by atoms with E-state index in [4.69, 9.17) is 0 Å². The summed E-state index contributed by atoms with van der Waals surface area (Å²) in [6.07, 6.45) is 6.87. The Hall–Kier alpha value is -1.84. The standard InChI is InChI=1S/C18H26N2O2/c1-20(2)18(22)16-10-8-15(9-11-16)13-19-17(21)12-14-6-4-3-5-7-14/h8-11,14H,3-7,12-13H2,1-2H3,(H,19,21). The number of nitrogens with zero attached hydrogens (tertiary/aromatic N) is 1. The van der Waals surface area contributed by atoms with Gasteiger partial charge >= 0.3 is 0 Å². The van der Waals surface area contributed by atoms with E-state index in [9.17, 15) is 9.59 Å². The van der Waals surface area contributed by atoms with Gasteiger partial charge in [-0.05, 0) is 36.5 Å². The van der Waals surface area contributed by atoms with Crippen LogP contribution in [0.1, 0.15) is 54.4 Å². The van der Waals surface area contributed by atoms with Crippen molar-refractivity contribution >= 4 is 11.8 Å². The van der Waals surface area contributed by atoms with Gasteiger partial charge in [0.2, 0.25) is 5.91 Å². The van der Waals surface area contributed by atoms with Crippen molar-refractivity contribution in [3.63, 3.8) is 0 Å². The molecule has 0 atom stereocenters. The van der Waals surface area contributed by atoms with Crippen molar-refractivity contribution in [1.29, 1.82) is 0 Å². The molecule has 1 N–H and O–H groups in total. The van der Waals surface area contributed by atoms with Crippen molar-refractivity contribution in [2.75, 3.05) is 14.1 Å². The first-order chi connectivity index (χ1) is 10.6. The third-order valence-electron chi connectivity index (χ3n) is 4.30. The molecule has 0 unspecified atom stereocenters. The van der Waals surface area contributed by atoms with Crippen LogP contribution in [0.5, 0.6) is 0 Å². The molecule has 0 aromatic heterocycles. The van der Waals surface area contributed by atoms with E-state index in [1.54, 1.807) is 19.0 Å². The molecular weight excluding hydrogens is 276 g/mol. The van der Waals surface area contributed by atoms with E-state index >= 15 is 0 Å². The number of carbonyl (C=O) groups is 2. The smallest absolute Gasteiger partial charge is 0.253 e. The molecule has 120 valence electrons. The zero-order valence-corrected chi connectivity index (χ0v) is 13.6. The van der Waals surface area contributed by atoms with Gasteiger partial charge in [-0.25, -0.2) is 0 Å². The number of hydrogen-bond acceptors (Lipinski definition) is 2. The highest BCUT2D eigenvalue weighted by Crippen LogP contribution is 2.26. The van der Waals surface area contributed by atoms with Crippen LogP contribution in [0.4, 0.5) is 0 Å². The van der Waals surface area contributed by atoms with E-state index in [1.807, 2.05) is 24.3 Å². The molecule has 0 spiro atoms. The maximum absolute atomic E-state index is 12.0. The third kappa shape index (κ3) is 4.86. The van der Waals surface area contributed by atoms with Gasteiger partial charge in [0.1, 0.15) is 0 Å². The van der Waals surface area contributed by atoms with E-state index in [1.165, 1.54) is 32.1 Å². The summed E-state index contributed by atoms with van der Waals surface area (Å²) in [5, 5.41) is 2.98. The molecular formula is C18H26N2O2. The lowest BCUT2D eigenvalue weighted by molar-refractivity contribution is -0.122. The quantitative estimate of drug-likeness (QED) is 0.909. The van der Waals surface area contributed by atoms with E-state index < -0.39 is 0 Å². The molecule has 1 saturated carbocycles. The van der Waals surface area contributed by atoms with Crippen molar-refractivity contribution in [1.82, 2.24) is 10.2 Å². The van der Waals surface area contributed by atoms with E-state index in [0.717, 1.165) is 5.56 Å². The highest BCUT2D eigenvalue weighted by atomic mass is 16.2. The van der Waals surface area contributed by atoms with Crippen LogP contribution in [0.3, 0.4) is 0 Å². The highest BCUT2D eigenvalue weighted by molar-refractivity contribution is 5.93. The fraction of sp³-hybridized carbons (Fsp3) is 0.556. The van der Waals surface area contributed by atoms with E-state index in [0.29, 0.717) is 24.4 Å². The molecule has 4 nitrogen and oxygen atoms in total. The fourth-order valence-electron chi connectivity index (χ4n) is 2.95. The molecule has 2 amide bonds. The van der Waals surface area contributed by atoms with Crippen LogP contribution < -0.4 is 5.32 Å². The number of nitrogens with one attached hydrogen (secondary N) is 1. The summed E-state index contributed by atoms with van der Waals surface area (Å²) in [5.74, 6) is 0.696. The molecule has 1 aliphatic rings. The first-order valence-electron chi connectivity index (χ1n) is 8.13. The van der Waals surface area contributed by atoms with Crippen molar-refractivity contribution < 1.29 is 9.59 Å². The first kappa shape index (κ1) is 16.5. The van der Waals surface area contributed by atoms with Crippen LogP contribution in [0.15, 0.2) is 24.3 Å². The Morgan fingerprint density at radius 3 is 2.32 bits per heavy atom. The van der Waals surface area contributed by atoms with Gasteiger partial charge in [0.15, 0.2) is 0 Å². The Bertz CT molecular complexity index is 502. The molecule has 0 radical (unpaired) electrons. The van der Waals surface area contributed by atoms with Gasteiger partial charge in [0, 0.05) is 32.6 Å². The lowest BCUT2D eigenvalue weighted by Gasteiger charge is -2.20. The maximum atomic E-state index is 12.0. The SMILES string of the molecule is CN(C)C(=O)c1ccc(CNC(=O)CC2CCCCC2)cc1. The van der Waals surface area contributed by atoms with Crippen LogP contribution in [0.25, 0.3) is 0 Å². The minimum atomic E-state index is -0.00659. The molecule has 2 rings (SSSR count). The minimum absolute atomic E-state index is 0.00659. The summed E-state index contributed by atoms with van der Waals surface area (Å²) in [6, 6.07) is 7.42. The van der Waals surface area contributed by atoms with E-state index in [2.05, 4.69) is 5.32 Å². The van der Waals surface area contributed by atoms with Crippen LogP contribution in [0.2, 0.25) is 0 Å². The third-order valence-corrected chi connectivity index (χ3v) is 4.30. The van der Waals surface area contributed by atoms with Gasteiger partial charge in [-0.15, -0.1) is 0 Å². The van der Waals surface area contributed by atoms with Crippen LogP contribution in [-0.4, -0.2) is 30.8 Å². The van der Waals surface area contributed by atoms with Gasteiger partial charge in [-0.3, -0.25) is 9.59 Å². The number of amides is 2. The van der Waals surface area contributed by atoms with Gasteiger partial charge in [0.05, 0.1) is 0 Å². The largest absolute Gasteiger partial charge is 0.352 e. The molecule has 1 aromatic carbocycles. The Morgan fingerprint density at radius 2 is 1.73 bits per heavy atom. The summed E-state index contributed by atoms with van der Waals surface area (Å²) < 4.78 is 0. The molecule has 0 heterocycles. The van der Waals surface area contributed by atoms with E-state index in [-0.39, 0.29) is 11.8 Å². The van der Waals surface area contributed by atoms with Gasteiger partial charge < -0.3 is 10.2 Å². The summed E-state index contributed by atoms with van der Waals surface area (Å²) in [6.45, 7) is 0.530. The average molecular weight is 302 g/mol. The highest BCUT2D eigenvalue weighted by Gasteiger charge is 2.16. The first-order valence-corrected chi connectivity index (χ1v) is 8.13. The van der Waals surface area contributed by atoms with Gasteiger partial charge in [-0.1, -0.05) is 31.4 Å². The molecule has 4 heteroatoms. The summed E-state index contributed by atoms with van der Waals surface area (Å²) in [4.78, 5) is 25.3. The van der Waals surface area contributed by atoms with Crippen molar-refractivity contribution in [3.8, 4) is 0 Å². The molecule has 0 bridgehead atoms. The molecule has 1 fully saturated rings. The molecule has 0 saturated heterocycles. The number of hydrogen-bond donors (Lipinski definition) is 1. The van der Waals surface area contributed by atoms with Crippen LogP contribution >= 0.6 is 0 Å². The Balaban J connectivity index is 1.78. The summed E-state index contributed by atoms with van der Waals surface area (Å²) in [5.41, 5.74) is 1.69. The van der Waals surface area contributed by atoms with Crippen molar-refractivity contribution in [2.24, 2.45) is 5.92 Å². The van der Waals surface area contributed by atoms with Crippen molar-refractivity contribution in [2.45, 2.75) is 45.1 Å². The van der Waals surface area contributed by atoms with Crippen molar-refractivity contribution in [3.05, 3.63) is 35.4 Å². The second kappa shape index (κ2) is 7.97. The molecule has 1 aliphatic carbocycles. The molecule has 22 heavy (non-hydrogen) atoms. The van der Waals surface area contributed by atoms with Crippen LogP contribution in [0, 0.1) is 5.92 Å². The molecule has 0 aliphatic heterocycles.